The molecule has 1 N–H and O–H groups in total. The van der Waals surface area contributed by atoms with Gasteiger partial charge in [0.25, 0.3) is 11.8 Å². The van der Waals surface area contributed by atoms with Gasteiger partial charge in [-0.05, 0) is 61.2 Å². The van der Waals surface area contributed by atoms with Gasteiger partial charge in [0.2, 0.25) is 0 Å². The largest absolute Gasteiger partial charge is 0.378 e. The molecule has 30 heavy (non-hydrogen) atoms. The molecule has 1 aromatic heterocycles. The van der Waals surface area contributed by atoms with Crippen LogP contribution in [0.15, 0.2) is 65.7 Å². The molecular formula is C24H23N3O2S. The normalized spacial score (nSPS) is 13.9. The summed E-state index contributed by atoms with van der Waals surface area (Å²) < 4.78 is 0. The Hall–Kier alpha value is -3.38. The summed E-state index contributed by atoms with van der Waals surface area (Å²) >= 11 is 1.45. The summed E-state index contributed by atoms with van der Waals surface area (Å²) in [6.45, 7) is 4.01. The molecule has 0 spiro atoms. The lowest BCUT2D eigenvalue weighted by atomic mass is 10.1. The van der Waals surface area contributed by atoms with Crippen LogP contribution < -0.4 is 15.1 Å². The topological polar surface area (TPSA) is 52.7 Å². The highest BCUT2D eigenvalue weighted by molar-refractivity contribution is 7.11. The van der Waals surface area contributed by atoms with Gasteiger partial charge in [-0.25, -0.2) is 4.90 Å². The lowest BCUT2D eigenvalue weighted by Crippen LogP contribution is -2.32. The molecule has 2 aromatic carbocycles. The average Bonchev–Trinajstić information content (AvgIpc) is 3.31. The maximum atomic E-state index is 13.4. The van der Waals surface area contributed by atoms with Gasteiger partial charge in [0.05, 0.1) is 11.3 Å². The third-order valence-corrected chi connectivity index (χ3v) is 6.00. The van der Waals surface area contributed by atoms with Crippen molar-refractivity contribution in [3.63, 3.8) is 0 Å². The van der Waals surface area contributed by atoms with Crippen molar-refractivity contribution in [1.82, 2.24) is 0 Å². The van der Waals surface area contributed by atoms with E-state index in [2.05, 4.69) is 5.32 Å². The van der Waals surface area contributed by atoms with E-state index < -0.39 is 0 Å². The minimum atomic E-state index is -0.346. The van der Waals surface area contributed by atoms with Gasteiger partial charge in [-0.3, -0.25) is 9.59 Å². The summed E-state index contributed by atoms with van der Waals surface area (Å²) in [5.74, 6) is -0.659. The van der Waals surface area contributed by atoms with Crippen LogP contribution in [0.3, 0.4) is 0 Å². The second kappa shape index (κ2) is 7.80. The fourth-order valence-electron chi connectivity index (χ4n) is 3.52. The van der Waals surface area contributed by atoms with E-state index in [9.17, 15) is 9.59 Å². The molecule has 0 atom stereocenters. The van der Waals surface area contributed by atoms with Crippen LogP contribution in [-0.2, 0) is 9.59 Å². The number of rotatable bonds is 5. The van der Waals surface area contributed by atoms with Crippen LogP contribution in [0.1, 0.15) is 16.0 Å². The third kappa shape index (κ3) is 3.50. The Bertz CT molecular complexity index is 1150. The third-order valence-electron chi connectivity index (χ3n) is 5.12. The van der Waals surface area contributed by atoms with Gasteiger partial charge in [0, 0.05) is 30.3 Å². The Labute approximate surface area is 180 Å². The summed E-state index contributed by atoms with van der Waals surface area (Å²) in [5.41, 5.74) is 5.25. The van der Waals surface area contributed by atoms with Gasteiger partial charge in [-0.2, -0.15) is 0 Å². The van der Waals surface area contributed by atoms with Crippen molar-refractivity contribution >= 4 is 45.8 Å². The Morgan fingerprint density at radius 2 is 1.67 bits per heavy atom. The Balaban J connectivity index is 1.76. The molecule has 3 aromatic rings. The smallest absolute Gasteiger partial charge is 0.282 e. The molecule has 0 saturated carbocycles. The predicted octanol–water partition coefficient (Wildman–Crippen LogP) is 4.83. The number of benzene rings is 2. The first-order chi connectivity index (χ1) is 14.4. The molecule has 0 fully saturated rings. The first kappa shape index (κ1) is 19.9. The van der Waals surface area contributed by atoms with Gasteiger partial charge < -0.3 is 10.2 Å². The van der Waals surface area contributed by atoms with Crippen LogP contribution in [0.4, 0.5) is 17.1 Å². The molecule has 1 aliphatic heterocycles. The molecule has 152 valence electrons. The number of imide groups is 1. The highest BCUT2D eigenvalue weighted by Gasteiger charge is 2.40. The molecular weight excluding hydrogens is 394 g/mol. The van der Waals surface area contributed by atoms with E-state index in [0.717, 1.165) is 27.4 Å². The summed E-state index contributed by atoms with van der Waals surface area (Å²) in [6.07, 6.45) is 0. The molecule has 5 nitrogen and oxygen atoms in total. The number of aryl methyl sites for hydroxylation is 2. The van der Waals surface area contributed by atoms with Crippen LogP contribution in [0, 0.1) is 13.8 Å². The maximum Gasteiger partial charge on any atom is 0.282 e. The summed E-state index contributed by atoms with van der Waals surface area (Å²) in [5, 5.41) is 5.16. The maximum absolute atomic E-state index is 13.4. The van der Waals surface area contributed by atoms with Crippen LogP contribution in [0.5, 0.6) is 0 Å². The monoisotopic (exact) mass is 417 g/mol. The number of thiophene rings is 1. The van der Waals surface area contributed by atoms with E-state index in [4.69, 9.17) is 0 Å². The fourth-order valence-corrected chi connectivity index (χ4v) is 4.29. The lowest BCUT2D eigenvalue weighted by Gasteiger charge is -2.18. The van der Waals surface area contributed by atoms with Gasteiger partial charge in [0.1, 0.15) is 5.70 Å². The number of amides is 2. The first-order valence-corrected chi connectivity index (χ1v) is 10.5. The molecule has 1 aliphatic rings. The Morgan fingerprint density at radius 3 is 2.27 bits per heavy atom. The highest BCUT2D eigenvalue weighted by atomic mass is 32.1. The van der Waals surface area contributed by atoms with Crippen LogP contribution in [0.25, 0.3) is 5.57 Å². The predicted molar refractivity (Wildman–Crippen MR) is 124 cm³/mol. The molecule has 0 radical (unpaired) electrons. The second-order valence-electron chi connectivity index (χ2n) is 7.53. The molecule has 0 aliphatic carbocycles. The van der Waals surface area contributed by atoms with Gasteiger partial charge in [-0.15, -0.1) is 11.3 Å². The number of anilines is 3. The summed E-state index contributed by atoms with van der Waals surface area (Å²) in [4.78, 5) is 30.8. The van der Waals surface area contributed by atoms with Gasteiger partial charge in [-0.1, -0.05) is 23.8 Å². The summed E-state index contributed by atoms with van der Waals surface area (Å²) in [7, 11) is 3.90. The van der Waals surface area contributed by atoms with Crippen molar-refractivity contribution in [1.29, 1.82) is 0 Å². The van der Waals surface area contributed by atoms with Gasteiger partial charge >= 0.3 is 0 Å². The molecule has 4 rings (SSSR count). The Kier molecular flexibility index (Phi) is 5.18. The number of hydrogen-bond acceptors (Lipinski definition) is 5. The van der Waals surface area contributed by atoms with E-state index >= 15 is 0 Å². The second-order valence-corrected chi connectivity index (χ2v) is 8.47. The SMILES string of the molecule is Cc1ccc(NC2=C(c3cccs3)C(=O)N(c3ccc(N(C)C)cc3)C2=O)c(C)c1. The van der Waals surface area contributed by atoms with Crippen LogP contribution >= 0.6 is 11.3 Å². The van der Waals surface area contributed by atoms with E-state index in [-0.39, 0.29) is 11.8 Å². The Morgan fingerprint density at radius 1 is 0.933 bits per heavy atom. The zero-order chi connectivity index (χ0) is 21.4. The minimum Gasteiger partial charge on any atom is -0.378 e. The molecule has 0 unspecified atom stereocenters. The van der Waals surface area contributed by atoms with Crippen molar-refractivity contribution in [3.05, 3.63) is 81.7 Å². The molecule has 0 saturated heterocycles. The average molecular weight is 418 g/mol. The zero-order valence-corrected chi connectivity index (χ0v) is 18.2. The quantitative estimate of drug-likeness (QED) is 0.605. The number of hydrogen-bond donors (Lipinski definition) is 1. The van der Waals surface area contributed by atoms with E-state index in [1.807, 2.05) is 80.7 Å². The molecule has 2 heterocycles. The molecule has 2 amide bonds. The van der Waals surface area contributed by atoms with Crippen molar-refractivity contribution in [2.45, 2.75) is 13.8 Å². The van der Waals surface area contributed by atoms with E-state index in [0.29, 0.717) is 17.0 Å². The standard InChI is InChI=1S/C24H23N3O2S/c1-15-7-12-19(16(2)14-15)25-22-21(20-6-5-13-30-20)23(28)27(24(22)29)18-10-8-17(9-11-18)26(3)4/h5-14,25H,1-4H3. The van der Waals surface area contributed by atoms with Crippen LogP contribution in [-0.4, -0.2) is 25.9 Å². The fraction of sp³-hybridized carbons (Fsp3) is 0.167. The highest BCUT2D eigenvalue weighted by Crippen LogP contribution is 2.36. The molecule has 6 heteroatoms. The number of carbonyl (C=O) groups is 2. The van der Waals surface area contributed by atoms with Crippen molar-refractivity contribution in [2.24, 2.45) is 0 Å². The number of nitrogens with one attached hydrogen (secondary N) is 1. The number of carbonyl (C=O) groups excluding carboxylic acids is 2. The van der Waals surface area contributed by atoms with Crippen molar-refractivity contribution < 1.29 is 9.59 Å². The van der Waals surface area contributed by atoms with Crippen LogP contribution in [0.2, 0.25) is 0 Å². The minimum absolute atomic E-state index is 0.311. The van der Waals surface area contributed by atoms with E-state index in [1.165, 1.54) is 16.2 Å². The van der Waals surface area contributed by atoms with E-state index in [1.54, 1.807) is 12.1 Å². The zero-order valence-electron chi connectivity index (χ0n) is 17.4. The van der Waals surface area contributed by atoms with Gasteiger partial charge in [0.15, 0.2) is 0 Å². The summed E-state index contributed by atoms with van der Waals surface area (Å²) in [6, 6.07) is 17.1. The molecule has 0 bridgehead atoms. The lowest BCUT2D eigenvalue weighted by molar-refractivity contribution is -0.120. The first-order valence-electron chi connectivity index (χ1n) is 9.65. The van der Waals surface area contributed by atoms with Crippen molar-refractivity contribution in [2.75, 3.05) is 29.2 Å². The van der Waals surface area contributed by atoms with Crippen molar-refractivity contribution in [3.8, 4) is 0 Å². The number of nitrogens with zero attached hydrogens (tertiary/aromatic N) is 2.